The average molecular weight is 258 g/mol. The molecule has 104 valence electrons. The first-order valence-corrected chi connectivity index (χ1v) is 7.65. The van der Waals surface area contributed by atoms with Crippen LogP contribution in [0.4, 0.5) is 0 Å². The molecule has 19 heavy (non-hydrogen) atoms. The van der Waals surface area contributed by atoms with Crippen molar-refractivity contribution in [1.29, 1.82) is 0 Å². The van der Waals surface area contributed by atoms with Crippen molar-refractivity contribution in [1.82, 2.24) is 0 Å². The Kier molecular flexibility index (Phi) is 2.92. The first-order valence-electron chi connectivity index (χ1n) is 7.65. The molecule has 1 saturated carbocycles. The summed E-state index contributed by atoms with van der Waals surface area (Å²) in [5.41, 5.74) is 3.99. The third-order valence-electron chi connectivity index (χ3n) is 5.86. The van der Waals surface area contributed by atoms with E-state index in [0.29, 0.717) is 10.8 Å². The monoisotopic (exact) mass is 258 g/mol. The van der Waals surface area contributed by atoms with Gasteiger partial charge >= 0.3 is 0 Å². The predicted octanol–water partition coefficient (Wildman–Crippen LogP) is 4.73. The highest BCUT2D eigenvalue weighted by Gasteiger charge is 2.49. The highest BCUT2D eigenvalue weighted by molar-refractivity contribution is 5.43. The molecule has 0 radical (unpaired) electrons. The van der Waals surface area contributed by atoms with Gasteiger partial charge in [-0.2, -0.15) is 0 Å². The first kappa shape index (κ1) is 13.0. The fourth-order valence-electron chi connectivity index (χ4n) is 4.91. The van der Waals surface area contributed by atoms with Gasteiger partial charge in [0.15, 0.2) is 0 Å². The minimum absolute atomic E-state index is 0.377. The van der Waals surface area contributed by atoms with E-state index in [9.17, 15) is 0 Å². The van der Waals surface area contributed by atoms with Gasteiger partial charge in [0.1, 0.15) is 5.75 Å². The number of hydrogen-bond donors (Lipinski definition) is 0. The largest absolute Gasteiger partial charge is 0.497 e. The van der Waals surface area contributed by atoms with E-state index in [-0.39, 0.29) is 0 Å². The minimum Gasteiger partial charge on any atom is -0.497 e. The normalized spacial score (nSPS) is 32.3. The summed E-state index contributed by atoms with van der Waals surface area (Å²) in [6, 6.07) is 6.74. The van der Waals surface area contributed by atoms with E-state index in [2.05, 4.69) is 39.0 Å². The molecule has 0 aliphatic heterocycles. The molecule has 0 saturated heterocycles. The van der Waals surface area contributed by atoms with Crippen molar-refractivity contribution in [3.05, 3.63) is 29.3 Å². The molecule has 1 fully saturated rings. The summed E-state index contributed by atoms with van der Waals surface area (Å²) in [4.78, 5) is 0. The first-order chi connectivity index (χ1) is 8.97. The smallest absolute Gasteiger partial charge is 0.119 e. The Labute approximate surface area is 117 Å². The molecular weight excluding hydrogens is 232 g/mol. The molecule has 0 unspecified atom stereocenters. The van der Waals surface area contributed by atoms with Crippen LogP contribution in [-0.2, 0) is 11.8 Å². The van der Waals surface area contributed by atoms with Gasteiger partial charge in [0.25, 0.3) is 0 Å². The third-order valence-corrected chi connectivity index (χ3v) is 5.86. The average Bonchev–Trinajstić information content (AvgIpc) is 2.37. The van der Waals surface area contributed by atoms with Gasteiger partial charge in [-0.3, -0.25) is 0 Å². The molecular formula is C18H26O. The molecule has 2 aliphatic rings. The maximum atomic E-state index is 5.39. The van der Waals surface area contributed by atoms with Crippen molar-refractivity contribution >= 4 is 0 Å². The predicted molar refractivity (Wildman–Crippen MR) is 79.8 cm³/mol. The Morgan fingerprint density at radius 2 is 1.95 bits per heavy atom. The van der Waals surface area contributed by atoms with E-state index in [1.165, 1.54) is 37.7 Å². The third kappa shape index (κ3) is 1.89. The fraction of sp³-hybridized carbons (Fsp3) is 0.667. The lowest BCUT2D eigenvalue weighted by Crippen LogP contribution is -2.47. The number of ether oxygens (including phenoxy) is 1. The summed E-state index contributed by atoms with van der Waals surface area (Å²) in [6.45, 7) is 7.45. The van der Waals surface area contributed by atoms with Gasteiger partial charge in [-0.1, -0.05) is 33.3 Å². The van der Waals surface area contributed by atoms with Crippen LogP contribution in [0, 0.1) is 11.3 Å². The van der Waals surface area contributed by atoms with Crippen LogP contribution >= 0.6 is 0 Å². The van der Waals surface area contributed by atoms with Crippen LogP contribution < -0.4 is 4.74 Å². The molecule has 1 aromatic carbocycles. The van der Waals surface area contributed by atoms with Crippen LogP contribution in [0.3, 0.4) is 0 Å². The summed E-state index contributed by atoms with van der Waals surface area (Å²) in [7, 11) is 1.76. The van der Waals surface area contributed by atoms with Crippen LogP contribution in [-0.4, -0.2) is 7.11 Å². The lowest BCUT2D eigenvalue weighted by Gasteiger charge is -2.54. The molecule has 0 bridgehead atoms. The highest BCUT2D eigenvalue weighted by atomic mass is 16.5. The van der Waals surface area contributed by atoms with Crippen molar-refractivity contribution in [3.63, 3.8) is 0 Å². The summed E-state index contributed by atoms with van der Waals surface area (Å²) in [6.07, 6.45) is 6.66. The zero-order valence-corrected chi connectivity index (χ0v) is 12.8. The van der Waals surface area contributed by atoms with E-state index < -0.39 is 0 Å². The quantitative estimate of drug-likeness (QED) is 0.708. The number of benzene rings is 1. The van der Waals surface area contributed by atoms with Gasteiger partial charge in [-0.15, -0.1) is 0 Å². The van der Waals surface area contributed by atoms with E-state index in [0.717, 1.165) is 11.7 Å². The number of methoxy groups -OCH3 is 1. The standard InChI is InChI=1S/C18H26O/c1-17(2)10-5-11-18(3)15-8-7-14(19-4)12-13(15)6-9-16(17)18/h7-8,12,16H,5-6,9-11H2,1-4H3/t16-,18+/m1/s1. The van der Waals surface area contributed by atoms with Crippen LogP contribution in [0.5, 0.6) is 5.75 Å². The van der Waals surface area contributed by atoms with Gasteiger partial charge in [-0.05, 0) is 65.7 Å². The van der Waals surface area contributed by atoms with Crippen LogP contribution in [0.2, 0.25) is 0 Å². The second kappa shape index (κ2) is 4.26. The summed E-state index contributed by atoms with van der Waals surface area (Å²) < 4.78 is 5.39. The molecule has 2 aliphatic carbocycles. The van der Waals surface area contributed by atoms with Gasteiger partial charge in [0, 0.05) is 0 Å². The fourth-order valence-corrected chi connectivity index (χ4v) is 4.91. The maximum absolute atomic E-state index is 5.39. The summed E-state index contributed by atoms with van der Waals surface area (Å²) >= 11 is 0. The van der Waals surface area contributed by atoms with E-state index >= 15 is 0 Å². The zero-order chi connectivity index (χ0) is 13.7. The molecule has 0 amide bonds. The Balaban J connectivity index is 2.07. The molecule has 1 nitrogen and oxygen atoms in total. The Hall–Kier alpha value is -0.980. The topological polar surface area (TPSA) is 9.23 Å². The number of rotatable bonds is 1. The maximum Gasteiger partial charge on any atom is 0.119 e. The second-order valence-electron chi connectivity index (χ2n) is 7.37. The highest BCUT2D eigenvalue weighted by Crippen LogP contribution is 2.57. The van der Waals surface area contributed by atoms with Crippen LogP contribution in [0.15, 0.2) is 18.2 Å². The minimum atomic E-state index is 0.377. The Morgan fingerprint density at radius 1 is 1.16 bits per heavy atom. The Bertz CT molecular complexity index is 488. The van der Waals surface area contributed by atoms with Gasteiger partial charge in [-0.25, -0.2) is 0 Å². The molecule has 1 heteroatoms. The Morgan fingerprint density at radius 3 is 2.68 bits per heavy atom. The van der Waals surface area contributed by atoms with E-state index in [4.69, 9.17) is 4.74 Å². The van der Waals surface area contributed by atoms with Crippen molar-refractivity contribution in [3.8, 4) is 5.75 Å². The van der Waals surface area contributed by atoms with Crippen molar-refractivity contribution in [2.24, 2.45) is 11.3 Å². The molecule has 0 N–H and O–H groups in total. The number of aryl methyl sites for hydroxylation is 1. The second-order valence-corrected chi connectivity index (χ2v) is 7.37. The molecule has 3 rings (SSSR count). The van der Waals surface area contributed by atoms with Gasteiger partial charge in [0.05, 0.1) is 7.11 Å². The molecule has 0 heterocycles. The van der Waals surface area contributed by atoms with Crippen LogP contribution in [0.1, 0.15) is 57.6 Å². The van der Waals surface area contributed by atoms with Gasteiger partial charge in [0.2, 0.25) is 0 Å². The van der Waals surface area contributed by atoms with Crippen molar-refractivity contribution in [2.45, 2.75) is 58.3 Å². The number of fused-ring (bicyclic) bond motifs is 3. The number of hydrogen-bond acceptors (Lipinski definition) is 1. The molecule has 0 aromatic heterocycles. The van der Waals surface area contributed by atoms with Crippen molar-refractivity contribution < 1.29 is 4.74 Å². The summed E-state index contributed by atoms with van der Waals surface area (Å²) in [5.74, 6) is 1.84. The lowest BCUT2D eigenvalue weighted by atomic mass is 9.50. The van der Waals surface area contributed by atoms with Gasteiger partial charge < -0.3 is 4.74 Å². The molecule has 0 spiro atoms. The van der Waals surface area contributed by atoms with Crippen molar-refractivity contribution in [2.75, 3.05) is 7.11 Å². The lowest BCUT2D eigenvalue weighted by molar-refractivity contribution is 0.0407. The molecule has 1 aromatic rings. The van der Waals surface area contributed by atoms with E-state index in [1.54, 1.807) is 12.7 Å². The SMILES string of the molecule is COc1ccc2c(c1)CC[C@@H]1C(C)(C)CCC[C@@]21C. The van der Waals surface area contributed by atoms with Crippen LogP contribution in [0.25, 0.3) is 0 Å². The molecule has 2 atom stereocenters. The zero-order valence-electron chi connectivity index (χ0n) is 12.8. The van der Waals surface area contributed by atoms with E-state index in [1.807, 2.05) is 0 Å². The summed E-state index contributed by atoms with van der Waals surface area (Å²) in [5, 5.41) is 0.